The van der Waals surface area contributed by atoms with Gasteiger partial charge < -0.3 is 9.47 Å². The second-order valence-electron chi connectivity index (χ2n) is 8.17. The van der Waals surface area contributed by atoms with E-state index in [0.29, 0.717) is 11.7 Å². The minimum atomic E-state index is -0.0307. The van der Waals surface area contributed by atoms with Gasteiger partial charge in [0.1, 0.15) is 0 Å². The van der Waals surface area contributed by atoms with Gasteiger partial charge in [0.25, 0.3) is 0 Å². The monoisotopic (exact) mass is 364 g/mol. The fourth-order valence-corrected chi connectivity index (χ4v) is 3.33. The van der Waals surface area contributed by atoms with E-state index in [0.717, 1.165) is 17.7 Å². The normalized spacial score (nSPS) is 20.7. The first-order valence-corrected chi connectivity index (χ1v) is 9.25. The van der Waals surface area contributed by atoms with E-state index in [2.05, 4.69) is 55.6 Å². The van der Waals surface area contributed by atoms with Gasteiger partial charge in [-0.1, -0.05) is 45.0 Å². The molecule has 27 heavy (non-hydrogen) atoms. The smallest absolute Gasteiger partial charge is 0.243 e. The molecule has 1 aliphatic carbocycles. The Kier molecular flexibility index (Phi) is 4.38. The fraction of sp³-hybridized carbons (Fsp3) is 0.364. The summed E-state index contributed by atoms with van der Waals surface area (Å²) in [6, 6.07) is 14.2. The lowest BCUT2D eigenvalue weighted by molar-refractivity contribution is -0.122. The quantitative estimate of drug-likeness (QED) is 0.660. The predicted molar refractivity (Wildman–Crippen MR) is 104 cm³/mol. The van der Waals surface area contributed by atoms with Gasteiger partial charge in [0.15, 0.2) is 11.5 Å². The van der Waals surface area contributed by atoms with Crippen molar-refractivity contribution in [3.05, 3.63) is 59.2 Å². The third kappa shape index (κ3) is 3.82. The van der Waals surface area contributed by atoms with Gasteiger partial charge in [-0.05, 0) is 52.6 Å². The highest BCUT2D eigenvalue weighted by molar-refractivity contribution is 5.86. The standard InChI is InChI=1S/C22H24N2O3/c1-22(2,3)16-7-5-15(6-8-16)17-11-18(17)21(25)24-23-12-14-4-9-19-20(10-14)27-13-26-19/h4-10,12,17-18H,11,13H2,1-3H3,(H,24,25)/b23-12+/t17-,18-/m1/s1. The van der Waals surface area contributed by atoms with Gasteiger partial charge in [-0.15, -0.1) is 0 Å². The van der Waals surface area contributed by atoms with Crippen LogP contribution in [0.25, 0.3) is 0 Å². The molecule has 1 heterocycles. The van der Waals surface area contributed by atoms with Gasteiger partial charge in [0.2, 0.25) is 12.7 Å². The van der Waals surface area contributed by atoms with Crippen LogP contribution in [-0.2, 0) is 10.2 Å². The van der Waals surface area contributed by atoms with E-state index in [4.69, 9.17) is 9.47 Å². The van der Waals surface area contributed by atoms with E-state index in [1.54, 1.807) is 6.21 Å². The Labute approximate surface area is 159 Å². The Hall–Kier alpha value is -2.82. The zero-order valence-electron chi connectivity index (χ0n) is 15.9. The van der Waals surface area contributed by atoms with E-state index < -0.39 is 0 Å². The summed E-state index contributed by atoms with van der Waals surface area (Å²) in [5.41, 5.74) is 6.18. The molecule has 5 nitrogen and oxygen atoms in total. The molecule has 0 saturated heterocycles. The molecule has 0 bridgehead atoms. The first-order chi connectivity index (χ1) is 12.9. The highest BCUT2D eigenvalue weighted by Gasteiger charge is 2.44. The molecule has 1 amide bonds. The van der Waals surface area contributed by atoms with Crippen LogP contribution in [-0.4, -0.2) is 18.9 Å². The van der Waals surface area contributed by atoms with E-state index in [1.165, 1.54) is 11.1 Å². The zero-order valence-corrected chi connectivity index (χ0v) is 15.9. The van der Waals surface area contributed by atoms with Crippen LogP contribution in [0.3, 0.4) is 0 Å². The van der Waals surface area contributed by atoms with Crippen LogP contribution >= 0.6 is 0 Å². The number of ether oxygens (including phenoxy) is 2. The molecule has 0 unspecified atom stereocenters. The van der Waals surface area contributed by atoms with E-state index in [9.17, 15) is 4.79 Å². The number of hydrogen-bond acceptors (Lipinski definition) is 4. The van der Waals surface area contributed by atoms with Crippen molar-refractivity contribution in [3.63, 3.8) is 0 Å². The first-order valence-electron chi connectivity index (χ1n) is 9.25. The van der Waals surface area contributed by atoms with Crippen molar-refractivity contribution in [2.75, 3.05) is 6.79 Å². The first kappa shape index (κ1) is 17.6. The van der Waals surface area contributed by atoms with Crippen molar-refractivity contribution < 1.29 is 14.3 Å². The molecule has 1 saturated carbocycles. The maximum Gasteiger partial charge on any atom is 0.243 e. The molecule has 5 heteroatoms. The van der Waals surface area contributed by atoms with Crippen LogP contribution in [0.5, 0.6) is 11.5 Å². The van der Waals surface area contributed by atoms with Crippen LogP contribution in [0.2, 0.25) is 0 Å². The lowest BCUT2D eigenvalue weighted by Crippen LogP contribution is -2.20. The Bertz CT molecular complexity index is 881. The maximum absolute atomic E-state index is 12.3. The van der Waals surface area contributed by atoms with Gasteiger partial charge in [0, 0.05) is 5.92 Å². The number of carbonyl (C=O) groups is 1. The number of amides is 1. The van der Waals surface area contributed by atoms with Crippen molar-refractivity contribution in [1.82, 2.24) is 5.43 Å². The molecule has 1 aliphatic heterocycles. The number of hydrogen-bond donors (Lipinski definition) is 1. The Morgan fingerprint density at radius 1 is 1.11 bits per heavy atom. The fourth-order valence-electron chi connectivity index (χ4n) is 3.33. The molecule has 2 atom stereocenters. The van der Waals surface area contributed by atoms with Gasteiger partial charge in [0.05, 0.1) is 6.21 Å². The molecule has 4 rings (SSSR count). The molecule has 0 spiro atoms. The zero-order chi connectivity index (χ0) is 19.0. The number of rotatable bonds is 4. The van der Waals surface area contributed by atoms with Crippen molar-refractivity contribution in [1.29, 1.82) is 0 Å². The Morgan fingerprint density at radius 3 is 2.59 bits per heavy atom. The van der Waals surface area contributed by atoms with Crippen LogP contribution < -0.4 is 14.9 Å². The van der Waals surface area contributed by atoms with Crippen LogP contribution in [0.1, 0.15) is 49.8 Å². The van der Waals surface area contributed by atoms with Crippen molar-refractivity contribution in [2.24, 2.45) is 11.0 Å². The summed E-state index contributed by atoms with van der Waals surface area (Å²) in [7, 11) is 0. The summed E-state index contributed by atoms with van der Waals surface area (Å²) >= 11 is 0. The molecule has 1 N–H and O–H groups in total. The number of carbonyl (C=O) groups excluding carboxylic acids is 1. The summed E-state index contributed by atoms with van der Waals surface area (Å²) in [4.78, 5) is 12.3. The van der Waals surface area contributed by atoms with Crippen molar-refractivity contribution in [3.8, 4) is 11.5 Å². The number of hydrazone groups is 1. The van der Waals surface area contributed by atoms with E-state index in [1.807, 2.05) is 18.2 Å². The van der Waals surface area contributed by atoms with Crippen LogP contribution in [0.4, 0.5) is 0 Å². The largest absolute Gasteiger partial charge is 0.454 e. The van der Waals surface area contributed by atoms with Crippen molar-refractivity contribution in [2.45, 2.75) is 38.5 Å². The second kappa shape index (κ2) is 6.72. The number of fused-ring (bicyclic) bond motifs is 1. The Balaban J connectivity index is 1.32. The summed E-state index contributed by atoms with van der Waals surface area (Å²) in [5.74, 6) is 1.69. The average molecular weight is 364 g/mol. The molecular weight excluding hydrogens is 340 g/mol. The maximum atomic E-state index is 12.3. The van der Waals surface area contributed by atoms with Crippen LogP contribution in [0, 0.1) is 5.92 Å². The highest BCUT2D eigenvalue weighted by Crippen LogP contribution is 2.47. The molecule has 0 radical (unpaired) electrons. The molecular formula is C22H24N2O3. The average Bonchev–Trinajstić information content (AvgIpc) is 3.31. The second-order valence-corrected chi connectivity index (χ2v) is 8.17. The topological polar surface area (TPSA) is 59.9 Å². The predicted octanol–water partition coefficient (Wildman–Crippen LogP) is 3.97. The van der Waals surface area contributed by atoms with E-state index in [-0.39, 0.29) is 24.0 Å². The molecule has 1 fully saturated rings. The van der Waals surface area contributed by atoms with Gasteiger partial charge in [-0.3, -0.25) is 4.79 Å². The number of nitrogens with zero attached hydrogens (tertiary/aromatic N) is 1. The highest BCUT2D eigenvalue weighted by atomic mass is 16.7. The Morgan fingerprint density at radius 2 is 1.85 bits per heavy atom. The summed E-state index contributed by atoms with van der Waals surface area (Å²) < 4.78 is 10.6. The SMILES string of the molecule is CC(C)(C)c1ccc([C@H]2C[C@H]2C(=O)N/N=C/c2ccc3c(c2)OCO3)cc1. The summed E-state index contributed by atoms with van der Waals surface area (Å²) in [6.07, 6.45) is 2.50. The minimum Gasteiger partial charge on any atom is -0.454 e. The van der Waals surface area contributed by atoms with Gasteiger partial charge >= 0.3 is 0 Å². The van der Waals surface area contributed by atoms with Gasteiger partial charge in [-0.2, -0.15) is 5.10 Å². The van der Waals surface area contributed by atoms with Crippen molar-refractivity contribution >= 4 is 12.1 Å². The third-order valence-corrected chi connectivity index (χ3v) is 5.12. The number of benzene rings is 2. The minimum absolute atomic E-state index is 0.000564. The molecule has 2 aliphatic rings. The molecule has 2 aromatic carbocycles. The summed E-state index contributed by atoms with van der Waals surface area (Å²) in [6.45, 7) is 6.85. The molecule has 140 valence electrons. The lowest BCUT2D eigenvalue weighted by Gasteiger charge is -2.19. The lowest BCUT2D eigenvalue weighted by atomic mass is 9.86. The number of nitrogens with one attached hydrogen (secondary N) is 1. The molecule has 2 aromatic rings. The third-order valence-electron chi connectivity index (χ3n) is 5.12. The molecule has 0 aromatic heterocycles. The van der Waals surface area contributed by atoms with E-state index >= 15 is 0 Å². The van der Waals surface area contributed by atoms with Crippen LogP contribution in [0.15, 0.2) is 47.6 Å². The summed E-state index contributed by atoms with van der Waals surface area (Å²) in [5, 5.41) is 4.08. The van der Waals surface area contributed by atoms with Gasteiger partial charge in [-0.25, -0.2) is 5.43 Å².